The number of halogens is 2. The number of benzene rings is 1. The molecular weight excluding hydrogens is 240 g/mol. The third-order valence-electron chi connectivity index (χ3n) is 3.75. The first-order chi connectivity index (χ1) is 8.52. The number of carbonyl (C=O) groups is 1. The molecule has 1 saturated carbocycles. The van der Waals surface area contributed by atoms with Gasteiger partial charge < -0.3 is 4.84 Å². The third kappa shape index (κ3) is 1.79. The predicted octanol–water partition coefficient (Wildman–Crippen LogP) is 2.49. The van der Waals surface area contributed by atoms with Gasteiger partial charge in [0.2, 0.25) is 0 Å². The van der Waals surface area contributed by atoms with Crippen LogP contribution in [0.2, 0.25) is 0 Å². The molecule has 5 heteroatoms. The number of rotatable bonds is 2. The average Bonchev–Trinajstić information content (AvgIpc) is 2.70. The minimum atomic E-state index is -2.58. The van der Waals surface area contributed by atoms with Crippen molar-refractivity contribution < 1.29 is 18.4 Å². The van der Waals surface area contributed by atoms with Gasteiger partial charge >= 0.3 is 5.97 Å². The van der Waals surface area contributed by atoms with E-state index in [0.29, 0.717) is 18.5 Å². The van der Waals surface area contributed by atoms with Crippen molar-refractivity contribution in [1.82, 2.24) is 5.06 Å². The lowest BCUT2D eigenvalue weighted by molar-refractivity contribution is -0.0994. The van der Waals surface area contributed by atoms with Crippen molar-refractivity contribution in [2.75, 3.05) is 13.1 Å². The van der Waals surface area contributed by atoms with Crippen molar-refractivity contribution in [3.63, 3.8) is 0 Å². The summed E-state index contributed by atoms with van der Waals surface area (Å²) in [6.07, 6.45) is 0.307. The Hall–Kier alpha value is -1.49. The molecule has 2 fully saturated rings. The van der Waals surface area contributed by atoms with E-state index in [4.69, 9.17) is 4.84 Å². The molecule has 0 amide bonds. The lowest BCUT2D eigenvalue weighted by Crippen LogP contribution is -2.26. The molecule has 3 nitrogen and oxygen atoms in total. The zero-order chi connectivity index (χ0) is 12.8. The first kappa shape index (κ1) is 11.6. The second kappa shape index (κ2) is 3.75. The van der Waals surface area contributed by atoms with E-state index in [1.165, 1.54) is 5.06 Å². The first-order valence-electron chi connectivity index (χ1n) is 5.93. The van der Waals surface area contributed by atoms with E-state index in [1.807, 2.05) is 0 Å². The molecule has 1 spiro atoms. The van der Waals surface area contributed by atoms with Crippen LogP contribution in [0.1, 0.15) is 23.2 Å². The van der Waals surface area contributed by atoms with Crippen LogP contribution in [-0.4, -0.2) is 30.0 Å². The molecule has 1 heterocycles. The molecule has 96 valence electrons. The molecule has 0 radical (unpaired) electrons. The highest BCUT2D eigenvalue weighted by Gasteiger charge is 2.73. The van der Waals surface area contributed by atoms with Crippen LogP contribution in [0.5, 0.6) is 0 Å². The van der Waals surface area contributed by atoms with Crippen molar-refractivity contribution in [3.05, 3.63) is 35.9 Å². The van der Waals surface area contributed by atoms with Gasteiger partial charge in [-0.1, -0.05) is 18.2 Å². The molecule has 18 heavy (non-hydrogen) atoms. The van der Waals surface area contributed by atoms with Gasteiger partial charge in [-0.25, -0.2) is 13.6 Å². The lowest BCUT2D eigenvalue weighted by atomic mass is 10.1. The van der Waals surface area contributed by atoms with Crippen LogP contribution in [0.25, 0.3) is 0 Å². The summed E-state index contributed by atoms with van der Waals surface area (Å²) >= 11 is 0. The maximum atomic E-state index is 13.2. The van der Waals surface area contributed by atoms with E-state index < -0.39 is 17.3 Å². The summed E-state index contributed by atoms with van der Waals surface area (Å²) in [5.74, 6) is -3.07. The fourth-order valence-corrected chi connectivity index (χ4v) is 2.48. The Morgan fingerprint density at radius 2 is 1.94 bits per heavy atom. The normalized spacial score (nSPS) is 29.4. The van der Waals surface area contributed by atoms with E-state index in [2.05, 4.69) is 0 Å². The Morgan fingerprint density at radius 1 is 1.28 bits per heavy atom. The van der Waals surface area contributed by atoms with E-state index in [1.54, 1.807) is 30.3 Å². The number of carbonyl (C=O) groups excluding carboxylic acids is 1. The van der Waals surface area contributed by atoms with E-state index >= 15 is 0 Å². The summed E-state index contributed by atoms with van der Waals surface area (Å²) in [7, 11) is 0. The van der Waals surface area contributed by atoms with Crippen molar-refractivity contribution in [1.29, 1.82) is 0 Å². The molecule has 0 N–H and O–H groups in total. The quantitative estimate of drug-likeness (QED) is 0.811. The molecule has 2 aliphatic rings. The number of hydroxylamine groups is 2. The highest BCUT2D eigenvalue weighted by atomic mass is 19.3. The zero-order valence-corrected chi connectivity index (χ0v) is 9.73. The summed E-state index contributed by atoms with van der Waals surface area (Å²) in [5, 5.41) is 1.36. The Labute approximate surface area is 103 Å². The maximum Gasteiger partial charge on any atom is 0.357 e. The molecule has 1 saturated heterocycles. The summed E-state index contributed by atoms with van der Waals surface area (Å²) in [4.78, 5) is 16.9. The van der Waals surface area contributed by atoms with Gasteiger partial charge in [0.1, 0.15) is 0 Å². The van der Waals surface area contributed by atoms with Crippen molar-refractivity contribution in [2.45, 2.75) is 18.8 Å². The highest BCUT2D eigenvalue weighted by molar-refractivity contribution is 5.89. The zero-order valence-electron chi connectivity index (χ0n) is 9.73. The SMILES string of the molecule is O=C(ON1CC[C@@]2(C1)CC2(F)F)c1ccccc1. The van der Waals surface area contributed by atoms with Crippen LogP contribution in [0, 0.1) is 5.41 Å². The van der Waals surface area contributed by atoms with E-state index in [9.17, 15) is 13.6 Å². The number of nitrogens with zero attached hydrogens (tertiary/aromatic N) is 1. The van der Waals surface area contributed by atoms with E-state index in [-0.39, 0.29) is 13.0 Å². The summed E-state index contributed by atoms with van der Waals surface area (Å²) in [6.45, 7) is 0.521. The maximum absolute atomic E-state index is 13.2. The van der Waals surface area contributed by atoms with Gasteiger partial charge in [0.05, 0.1) is 11.0 Å². The molecule has 0 bridgehead atoms. The fourth-order valence-electron chi connectivity index (χ4n) is 2.48. The van der Waals surface area contributed by atoms with Crippen molar-refractivity contribution in [3.8, 4) is 0 Å². The van der Waals surface area contributed by atoms with Gasteiger partial charge in [0.25, 0.3) is 5.92 Å². The molecule has 1 aliphatic carbocycles. The van der Waals surface area contributed by atoms with Gasteiger partial charge in [0.15, 0.2) is 0 Å². The molecule has 1 aromatic carbocycles. The van der Waals surface area contributed by atoms with Crippen LogP contribution in [0.4, 0.5) is 8.78 Å². The largest absolute Gasteiger partial charge is 0.364 e. The Morgan fingerprint density at radius 3 is 2.50 bits per heavy atom. The Balaban J connectivity index is 1.61. The topological polar surface area (TPSA) is 29.5 Å². The minimum Gasteiger partial charge on any atom is -0.364 e. The van der Waals surface area contributed by atoms with Gasteiger partial charge in [-0.15, -0.1) is 5.06 Å². The van der Waals surface area contributed by atoms with E-state index in [0.717, 1.165) is 0 Å². The van der Waals surface area contributed by atoms with Crippen LogP contribution in [0.3, 0.4) is 0 Å². The number of hydrogen-bond donors (Lipinski definition) is 0. The van der Waals surface area contributed by atoms with Gasteiger partial charge in [-0.05, 0) is 18.6 Å². The van der Waals surface area contributed by atoms with Crippen molar-refractivity contribution >= 4 is 5.97 Å². The number of hydrogen-bond acceptors (Lipinski definition) is 3. The second-order valence-corrected chi connectivity index (χ2v) is 5.02. The first-order valence-corrected chi connectivity index (χ1v) is 5.93. The molecule has 1 atom stereocenters. The van der Waals surface area contributed by atoms with Gasteiger partial charge in [-0.3, -0.25) is 0 Å². The molecule has 0 unspecified atom stereocenters. The Kier molecular flexibility index (Phi) is 2.41. The summed E-state index contributed by atoms with van der Waals surface area (Å²) in [6, 6.07) is 8.54. The summed E-state index contributed by atoms with van der Waals surface area (Å²) < 4.78 is 26.3. The number of alkyl halides is 2. The monoisotopic (exact) mass is 253 g/mol. The highest BCUT2D eigenvalue weighted by Crippen LogP contribution is 2.65. The second-order valence-electron chi connectivity index (χ2n) is 5.02. The molecule has 3 rings (SSSR count). The smallest absolute Gasteiger partial charge is 0.357 e. The molecule has 1 aromatic rings. The van der Waals surface area contributed by atoms with Crippen LogP contribution in [0.15, 0.2) is 30.3 Å². The third-order valence-corrected chi connectivity index (χ3v) is 3.75. The predicted molar refractivity (Wildman–Crippen MR) is 60.0 cm³/mol. The molecular formula is C13H13F2NO2. The van der Waals surface area contributed by atoms with Crippen LogP contribution >= 0.6 is 0 Å². The fraction of sp³-hybridized carbons (Fsp3) is 0.462. The molecule has 0 aromatic heterocycles. The summed E-state index contributed by atoms with van der Waals surface area (Å²) in [5.41, 5.74) is -0.509. The lowest BCUT2D eigenvalue weighted by Gasteiger charge is -2.15. The average molecular weight is 253 g/mol. The van der Waals surface area contributed by atoms with Crippen molar-refractivity contribution in [2.24, 2.45) is 5.41 Å². The van der Waals surface area contributed by atoms with Gasteiger partial charge in [-0.2, -0.15) is 0 Å². The Bertz CT molecular complexity index is 477. The van der Waals surface area contributed by atoms with Crippen LogP contribution < -0.4 is 0 Å². The molecule has 1 aliphatic heterocycles. The van der Waals surface area contributed by atoms with Gasteiger partial charge in [0, 0.05) is 19.5 Å². The minimum absolute atomic E-state index is 0.0839. The van der Waals surface area contributed by atoms with Crippen LogP contribution in [-0.2, 0) is 4.84 Å². The standard InChI is InChI=1S/C13H13F2NO2/c14-13(15)8-12(13)6-7-16(9-12)18-11(17)10-4-2-1-3-5-10/h1-5H,6-9H2/t12-/m0/s1.